The van der Waals surface area contributed by atoms with Crippen LogP contribution in [-0.4, -0.2) is 0 Å². The molecule has 13 heavy (non-hydrogen) atoms. The molecule has 76 valence electrons. The first kappa shape index (κ1) is 14.7. The first-order chi connectivity index (χ1) is 5.74. The van der Waals surface area contributed by atoms with Gasteiger partial charge in [0.15, 0.2) is 0 Å². The van der Waals surface area contributed by atoms with E-state index in [0.717, 1.165) is 6.42 Å². The van der Waals surface area contributed by atoms with Crippen molar-refractivity contribution in [2.24, 2.45) is 0 Å². The lowest BCUT2D eigenvalue weighted by Gasteiger charge is -2.02. The molecule has 0 aliphatic heterocycles. The summed E-state index contributed by atoms with van der Waals surface area (Å²) in [6.45, 7) is 10.5. The second-order valence-electron chi connectivity index (χ2n) is 2.78. The van der Waals surface area contributed by atoms with Gasteiger partial charge in [0.25, 0.3) is 0 Å². The molecular formula is C13H24. The molecule has 1 rings (SSSR count). The van der Waals surface area contributed by atoms with Crippen molar-refractivity contribution in [3.05, 3.63) is 34.9 Å². The molecule has 0 N–H and O–H groups in total. The van der Waals surface area contributed by atoms with E-state index in [-0.39, 0.29) is 7.43 Å². The molecule has 0 nitrogen and oxygen atoms in total. The predicted molar refractivity (Wildman–Crippen MR) is 63.4 cm³/mol. The standard InChI is InChI=1S/C10H14.C2H6.CH4/c1-4-10-7-8(2)5-6-9(10)3;1-2;/h5-7H,4H2,1-3H3;1-2H3;1H4. The SMILES string of the molecule is C.CC.CCc1cc(C)ccc1C. The Balaban J connectivity index is 0. The Bertz CT molecular complexity index is 223. The van der Waals surface area contributed by atoms with Gasteiger partial charge in [0, 0.05) is 0 Å². The lowest BCUT2D eigenvalue weighted by molar-refractivity contribution is 1.10. The normalized spacial score (nSPS) is 8.08. The van der Waals surface area contributed by atoms with E-state index in [1.54, 1.807) is 0 Å². The van der Waals surface area contributed by atoms with Gasteiger partial charge >= 0.3 is 0 Å². The van der Waals surface area contributed by atoms with Crippen LogP contribution in [0, 0.1) is 13.8 Å². The van der Waals surface area contributed by atoms with Gasteiger partial charge in [-0.05, 0) is 31.4 Å². The Morgan fingerprint density at radius 2 is 1.62 bits per heavy atom. The van der Waals surface area contributed by atoms with E-state index in [9.17, 15) is 0 Å². The number of rotatable bonds is 1. The first-order valence-electron chi connectivity index (χ1n) is 4.80. The van der Waals surface area contributed by atoms with E-state index in [0.29, 0.717) is 0 Å². The number of benzene rings is 1. The highest BCUT2D eigenvalue weighted by Crippen LogP contribution is 2.10. The fourth-order valence-corrected chi connectivity index (χ4v) is 1.18. The monoisotopic (exact) mass is 180 g/mol. The molecular weight excluding hydrogens is 156 g/mol. The number of hydrogen-bond acceptors (Lipinski definition) is 0. The summed E-state index contributed by atoms with van der Waals surface area (Å²) < 4.78 is 0. The van der Waals surface area contributed by atoms with Crippen LogP contribution in [0.5, 0.6) is 0 Å². The summed E-state index contributed by atoms with van der Waals surface area (Å²) in [5.41, 5.74) is 4.25. The minimum atomic E-state index is 0. The zero-order chi connectivity index (χ0) is 9.56. The molecule has 0 aromatic heterocycles. The molecule has 0 aliphatic rings. The van der Waals surface area contributed by atoms with Crippen molar-refractivity contribution in [3.8, 4) is 0 Å². The largest absolute Gasteiger partial charge is 0.0776 e. The summed E-state index contributed by atoms with van der Waals surface area (Å²) in [6, 6.07) is 6.61. The molecule has 1 aromatic carbocycles. The van der Waals surface area contributed by atoms with Crippen molar-refractivity contribution in [2.75, 3.05) is 0 Å². The van der Waals surface area contributed by atoms with Crippen LogP contribution in [0.4, 0.5) is 0 Å². The van der Waals surface area contributed by atoms with E-state index >= 15 is 0 Å². The highest BCUT2D eigenvalue weighted by atomic mass is 14.0. The quantitative estimate of drug-likeness (QED) is 0.595. The van der Waals surface area contributed by atoms with E-state index in [1.165, 1.54) is 16.7 Å². The Kier molecular flexibility index (Phi) is 8.89. The first-order valence-corrected chi connectivity index (χ1v) is 4.80. The van der Waals surface area contributed by atoms with E-state index in [1.807, 2.05) is 13.8 Å². The predicted octanol–water partition coefficient (Wildman–Crippen LogP) is 4.53. The van der Waals surface area contributed by atoms with Crippen LogP contribution in [0.25, 0.3) is 0 Å². The fourth-order valence-electron chi connectivity index (χ4n) is 1.18. The molecule has 0 radical (unpaired) electrons. The van der Waals surface area contributed by atoms with E-state index in [4.69, 9.17) is 0 Å². The van der Waals surface area contributed by atoms with Gasteiger partial charge in [-0.25, -0.2) is 0 Å². The van der Waals surface area contributed by atoms with Crippen molar-refractivity contribution in [1.82, 2.24) is 0 Å². The second-order valence-corrected chi connectivity index (χ2v) is 2.78. The van der Waals surface area contributed by atoms with Gasteiger partial charge in [-0.15, -0.1) is 0 Å². The van der Waals surface area contributed by atoms with E-state index in [2.05, 4.69) is 39.0 Å². The van der Waals surface area contributed by atoms with Crippen LogP contribution < -0.4 is 0 Å². The zero-order valence-corrected chi connectivity index (χ0v) is 8.94. The van der Waals surface area contributed by atoms with Gasteiger partial charge in [-0.3, -0.25) is 0 Å². The second kappa shape index (κ2) is 7.85. The molecule has 1 aromatic rings. The van der Waals surface area contributed by atoms with Gasteiger partial charge in [0.2, 0.25) is 0 Å². The van der Waals surface area contributed by atoms with Gasteiger partial charge < -0.3 is 0 Å². The Morgan fingerprint density at radius 3 is 2.00 bits per heavy atom. The Hall–Kier alpha value is -0.780. The highest BCUT2D eigenvalue weighted by molar-refractivity contribution is 5.30. The average molecular weight is 180 g/mol. The third-order valence-electron chi connectivity index (χ3n) is 1.89. The maximum Gasteiger partial charge on any atom is -0.0305 e. The van der Waals surface area contributed by atoms with Crippen molar-refractivity contribution in [3.63, 3.8) is 0 Å². The lowest BCUT2D eigenvalue weighted by atomic mass is 10.0. The summed E-state index contributed by atoms with van der Waals surface area (Å²) in [7, 11) is 0. The van der Waals surface area contributed by atoms with Crippen molar-refractivity contribution in [1.29, 1.82) is 0 Å². The van der Waals surface area contributed by atoms with E-state index < -0.39 is 0 Å². The van der Waals surface area contributed by atoms with Crippen molar-refractivity contribution < 1.29 is 0 Å². The van der Waals surface area contributed by atoms with Crippen LogP contribution >= 0.6 is 0 Å². The molecule has 0 spiro atoms. The molecule has 0 heteroatoms. The molecule has 0 fully saturated rings. The molecule has 0 atom stereocenters. The Morgan fingerprint density at radius 1 is 1.08 bits per heavy atom. The minimum absolute atomic E-state index is 0. The summed E-state index contributed by atoms with van der Waals surface area (Å²) in [5.74, 6) is 0. The minimum Gasteiger partial charge on any atom is -0.0776 e. The average Bonchev–Trinajstić information content (AvgIpc) is 2.13. The zero-order valence-electron chi connectivity index (χ0n) is 8.94. The molecule has 0 saturated carbocycles. The van der Waals surface area contributed by atoms with Crippen molar-refractivity contribution >= 4 is 0 Å². The van der Waals surface area contributed by atoms with Gasteiger partial charge in [0.05, 0.1) is 0 Å². The van der Waals surface area contributed by atoms with Crippen molar-refractivity contribution in [2.45, 2.75) is 48.5 Å². The maximum absolute atomic E-state index is 2.26. The van der Waals surface area contributed by atoms with Crippen LogP contribution in [0.3, 0.4) is 0 Å². The highest BCUT2D eigenvalue weighted by Gasteiger charge is 1.93. The summed E-state index contributed by atoms with van der Waals surface area (Å²) in [6.07, 6.45) is 1.15. The Labute approximate surface area is 84.0 Å². The van der Waals surface area contributed by atoms with Crippen LogP contribution in [0.2, 0.25) is 0 Å². The molecule has 0 saturated heterocycles. The number of aryl methyl sites for hydroxylation is 3. The summed E-state index contributed by atoms with van der Waals surface area (Å²) >= 11 is 0. The summed E-state index contributed by atoms with van der Waals surface area (Å²) in [5, 5.41) is 0. The number of hydrogen-bond donors (Lipinski definition) is 0. The van der Waals surface area contributed by atoms with Gasteiger partial charge in [0.1, 0.15) is 0 Å². The molecule has 0 bridgehead atoms. The van der Waals surface area contributed by atoms with Crippen LogP contribution in [0.1, 0.15) is 44.9 Å². The van der Waals surface area contributed by atoms with Gasteiger partial charge in [-0.2, -0.15) is 0 Å². The topological polar surface area (TPSA) is 0 Å². The molecule has 0 amide bonds. The molecule has 0 aliphatic carbocycles. The molecule has 0 heterocycles. The summed E-state index contributed by atoms with van der Waals surface area (Å²) in [4.78, 5) is 0. The van der Waals surface area contributed by atoms with Gasteiger partial charge in [-0.1, -0.05) is 52.0 Å². The third kappa shape index (κ3) is 4.72. The smallest absolute Gasteiger partial charge is 0.0305 e. The maximum atomic E-state index is 2.26. The lowest BCUT2D eigenvalue weighted by Crippen LogP contribution is -1.86. The molecule has 0 unspecified atom stereocenters. The van der Waals surface area contributed by atoms with Crippen LogP contribution in [0.15, 0.2) is 18.2 Å². The third-order valence-corrected chi connectivity index (χ3v) is 1.89. The fraction of sp³-hybridized carbons (Fsp3) is 0.538. The van der Waals surface area contributed by atoms with Crippen LogP contribution in [-0.2, 0) is 6.42 Å².